The third-order valence-electron chi connectivity index (χ3n) is 7.04. The maximum Gasteiger partial charge on any atom is 0.416 e. The SMILES string of the molecule is CCOC(=O)C(CNC(=O)CCCCc1ccc2c(n1)NCCC2)NC(=O)C1CN(Sc2cccc(C(F)(F)F)c2)C1. The summed E-state index contributed by atoms with van der Waals surface area (Å²) in [5.74, 6) is -0.745. The van der Waals surface area contributed by atoms with Crippen molar-refractivity contribution in [1.29, 1.82) is 0 Å². The molecule has 2 amide bonds. The maximum absolute atomic E-state index is 13.0. The molecule has 0 spiro atoms. The number of nitrogens with one attached hydrogen (secondary N) is 3. The van der Waals surface area contributed by atoms with Gasteiger partial charge in [-0.25, -0.2) is 14.1 Å². The average molecular weight is 608 g/mol. The number of unbranched alkanes of at least 4 members (excludes halogenated alkanes) is 1. The Balaban J connectivity index is 1.17. The molecule has 0 radical (unpaired) electrons. The fraction of sp³-hybridized carbons (Fsp3) is 0.517. The molecule has 4 rings (SSSR count). The van der Waals surface area contributed by atoms with E-state index in [1.165, 1.54) is 11.6 Å². The third-order valence-corrected chi connectivity index (χ3v) is 8.07. The molecule has 0 saturated carbocycles. The molecule has 42 heavy (non-hydrogen) atoms. The van der Waals surface area contributed by atoms with E-state index in [0.29, 0.717) is 24.4 Å². The van der Waals surface area contributed by atoms with Crippen molar-refractivity contribution < 1.29 is 32.3 Å². The van der Waals surface area contributed by atoms with Gasteiger partial charge in [-0.05, 0) is 80.8 Å². The summed E-state index contributed by atoms with van der Waals surface area (Å²) in [7, 11) is 0. The van der Waals surface area contributed by atoms with Crippen LogP contribution in [0.1, 0.15) is 49.4 Å². The molecule has 1 unspecified atom stereocenters. The summed E-state index contributed by atoms with van der Waals surface area (Å²) in [6.07, 6.45) is 0.177. The van der Waals surface area contributed by atoms with Gasteiger partial charge in [0.1, 0.15) is 11.9 Å². The Morgan fingerprint density at radius 2 is 2.00 bits per heavy atom. The minimum atomic E-state index is -4.43. The second kappa shape index (κ2) is 14.7. The predicted octanol–water partition coefficient (Wildman–Crippen LogP) is 3.97. The number of halogens is 3. The van der Waals surface area contributed by atoms with Crippen LogP contribution < -0.4 is 16.0 Å². The number of anilines is 1. The first-order valence-electron chi connectivity index (χ1n) is 14.2. The molecular weight excluding hydrogens is 571 g/mol. The number of ether oxygens (including phenoxy) is 1. The molecule has 9 nitrogen and oxygen atoms in total. The number of carbonyl (C=O) groups excluding carboxylic acids is 3. The zero-order chi connectivity index (χ0) is 30.1. The molecule has 1 aromatic heterocycles. The van der Waals surface area contributed by atoms with E-state index in [2.05, 4.69) is 27.0 Å². The van der Waals surface area contributed by atoms with Gasteiger partial charge in [-0.1, -0.05) is 12.1 Å². The topological polar surface area (TPSA) is 113 Å². The smallest absolute Gasteiger partial charge is 0.416 e. The minimum absolute atomic E-state index is 0.100. The largest absolute Gasteiger partial charge is 0.464 e. The van der Waals surface area contributed by atoms with Gasteiger partial charge >= 0.3 is 12.1 Å². The van der Waals surface area contributed by atoms with Crippen LogP contribution in [0.4, 0.5) is 19.0 Å². The molecule has 2 aromatic rings. The summed E-state index contributed by atoms with van der Waals surface area (Å²) >= 11 is 1.14. The monoisotopic (exact) mass is 607 g/mol. The van der Waals surface area contributed by atoms with Gasteiger partial charge in [-0.3, -0.25) is 9.59 Å². The highest BCUT2D eigenvalue weighted by molar-refractivity contribution is 7.97. The zero-order valence-corrected chi connectivity index (χ0v) is 24.3. The van der Waals surface area contributed by atoms with Crippen LogP contribution in [0.5, 0.6) is 0 Å². The molecular formula is C29H36F3N5O4S. The molecule has 13 heteroatoms. The van der Waals surface area contributed by atoms with E-state index in [1.54, 1.807) is 17.3 Å². The highest BCUT2D eigenvalue weighted by Crippen LogP contribution is 2.35. The van der Waals surface area contributed by atoms with Crippen molar-refractivity contribution in [2.24, 2.45) is 5.92 Å². The van der Waals surface area contributed by atoms with E-state index in [1.807, 2.05) is 6.07 Å². The summed E-state index contributed by atoms with van der Waals surface area (Å²) in [4.78, 5) is 42.8. The second-order valence-electron chi connectivity index (χ2n) is 10.3. The number of pyridine rings is 1. The van der Waals surface area contributed by atoms with Gasteiger partial charge < -0.3 is 20.7 Å². The lowest BCUT2D eigenvalue weighted by atomic mass is 10.0. The number of aromatic nitrogens is 1. The first-order valence-corrected chi connectivity index (χ1v) is 15.0. The first-order chi connectivity index (χ1) is 20.1. The van der Waals surface area contributed by atoms with E-state index >= 15 is 0 Å². The maximum atomic E-state index is 13.0. The number of alkyl halides is 3. The van der Waals surface area contributed by atoms with Gasteiger partial charge in [0.05, 0.1) is 18.1 Å². The van der Waals surface area contributed by atoms with Crippen LogP contribution in [-0.4, -0.2) is 65.9 Å². The molecule has 0 bridgehead atoms. The molecule has 1 atom stereocenters. The fourth-order valence-electron chi connectivity index (χ4n) is 4.69. The number of amides is 2. The summed E-state index contributed by atoms with van der Waals surface area (Å²) in [5.41, 5.74) is 1.48. The minimum Gasteiger partial charge on any atom is -0.464 e. The molecule has 3 heterocycles. The number of hydrogen-bond donors (Lipinski definition) is 3. The lowest BCUT2D eigenvalue weighted by molar-refractivity contribution is -0.148. The number of benzene rings is 1. The van der Waals surface area contributed by atoms with Crippen molar-refractivity contribution in [3.05, 3.63) is 53.2 Å². The van der Waals surface area contributed by atoms with Crippen molar-refractivity contribution in [1.82, 2.24) is 19.9 Å². The van der Waals surface area contributed by atoms with Crippen LogP contribution in [0.3, 0.4) is 0 Å². The zero-order valence-electron chi connectivity index (χ0n) is 23.5. The average Bonchev–Trinajstić information content (AvgIpc) is 2.94. The summed E-state index contributed by atoms with van der Waals surface area (Å²) in [6.45, 7) is 3.22. The van der Waals surface area contributed by atoms with Gasteiger partial charge in [0.15, 0.2) is 0 Å². The normalized spacial score (nSPS) is 16.0. The highest BCUT2D eigenvalue weighted by atomic mass is 32.2. The molecule has 1 aromatic carbocycles. The first kappa shape index (κ1) is 31.6. The molecule has 2 aliphatic rings. The number of hydrogen-bond acceptors (Lipinski definition) is 8. The fourth-order valence-corrected chi connectivity index (χ4v) is 5.81. The number of nitrogens with zero attached hydrogens (tertiary/aromatic N) is 2. The van der Waals surface area contributed by atoms with E-state index in [4.69, 9.17) is 4.74 Å². The Morgan fingerprint density at radius 1 is 1.19 bits per heavy atom. The Labute approximate surface area is 247 Å². The quantitative estimate of drug-likeness (QED) is 0.178. The van der Waals surface area contributed by atoms with Gasteiger partial charge in [-0.15, -0.1) is 0 Å². The van der Waals surface area contributed by atoms with Gasteiger partial charge in [0.25, 0.3) is 0 Å². The molecule has 1 fully saturated rings. The lowest BCUT2D eigenvalue weighted by Crippen LogP contribution is -2.56. The van der Waals surface area contributed by atoms with Crippen LogP contribution >= 0.6 is 11.9 Å². The third kappa shape index (κ3) is 9.09. The van der Waals surface area contributed by atoms with E-state index in [9.17, 15) is 27.6 Å². The predicted molar refractivity (Wildman–Crippen MR) is 153 cm³/mol. The number of rotatable bonds is 13. The Hall–Kier alpha value is -3.32. The Morgan fingerprint density at radius 3 is 2.76 bits per heavy atom. The standard InChI is InChI=1S/C29H36F3N5O4S/c1-2-41-28(40)24(16-34-25(38)11-4-3-9-22-13-12-19-7-6-14-33-26(19)35-22)36-27(39)20-17-37(18-20)42-23-10-5-8-21(15-23)29(30,31)32/h5,8,10,12-13,15,20,24H,2-4,6-7,9,11,14,16-18H2,1H3,(H,33,35)(H,34,38)(H,36,39). The number of esters is 1. The number of aryl methyl sites for hydroxylation is 2. The van der Waals surface area contributed by atoms with E-state index in [0.717, 1.165) is 67.8 Å². The molecule has 1 saturated heterocycles. The number of fused-ring (bicyclic) bond motifs is 1. The van der Waals surface area contributed by atoms with Crippen molar-refractivity contribution in [3.63, 3.8) is 0 Å². The highest BCUT2D eigenvalue weighted by Gasteiger charge is 2.36. The van der Waals surface area contributed by atoms with Crippen LogP contribution in [0, 0.1) is 5.92 Å². The Kier molecular flexibility index (Phi) is 11.1. The lowest BCUT2D eigenvalue weighted by Gasteiger charge is -2.37. The molecule has 0 aliphatic carbocycles. The van der Waals surface area contributed by atoms with Crippen LogP contribution in [0.2, 0.25) is 0 Å². The van der Waals surface area contributed by atoms with Crippen LogP contribution in [0.25, 0.3) is 0 Å². The van der Waals surface area contributed by atoms with Crippen molar-refractivity contribution >= 4 is 35.5 Å². The molecule has 3 N–H and O–H groups in total. The second-order valence-corrected chi connectivity index (χ2v) is 11.5. The summed E-state index contributed by atoms with van der Waals surface area (Å²) in [6, 6.07) is 8.10. The van der Waals surface area contributed by atoms with Gasteiger partial charge in [0, 0.05) is 43.2 Å². The van der Waals surface area contributed by atoms with E-state index < -0.39 is 29.7 Å². The molecule has 2 aliphatic heterocycles. The summed E-state index contributed by atoms with van der Waals surface area (Å²) in [5, 5.41) is 8.70. The van der Waals surface area contributed by atoms with E-state index in [-0.39, 0.29) is 31.4 Å². The van der Waals surface area contributed by atoms with Crippen molar-refractivity contribution in [3.8, 4) is 0 Å². The van der Waals surface area contributed by atoms with Crippen LogP contribution in [-0.2, 0) is 38.1 Å². The van der Waals surface area contributed by atoms with Gasteiger partial charge in [0.2, 0.25) is 11.8 Å². The number of carbonyl (C=O) groups is 3. The van der Waals surface area contributed by atoms with Crippen molar-refractivity contribution in [2.75, 3.05) is 38.1 Å². The van der Waals surface area contributed by atoms with Gasteiger partial charge in [-0.2, -0.15) is 13.2 Å². The van der Waals surface area contributed by atoms with Crippen molar-refractivity contribution in [2.45, 2.75) is 62.6 Å². The Bertz CT molecular complexity index is 1260. The summed E-state index contributed by atoms with van der Waals surface area (Å²) < 4.78 is 45.7. The molecule has 228 valence electrons. The van der Waals surface area contributed by atoms with Crippen LogP contribution in [0.15, 0.2) is 41.3 Å².